The minimum absolute atomic E-state index is 0.0294. The molecule has 204 valence electrons. The van der Waals surface area contributed by atoms with Gasteiger partial charge in [-0.1, -0.05) is 23.6 Å². The van der Waals surface area contributed by atoms with Crippen LogP contribution in [0.25, 0.3) is 5.65 Å². The van der Waals surface area contributed by atoms with E-state index < -0.39 is 28.8 Å². The van der Waals surface area contributed by atoms with Gasteiger partial charge < -0.3 is 16.0 Å². The lowest BCUT2D eigenvalue weighted by Gasteiger charge is -2.19. The number of hydrogen-bond donors (Lipinski definition) is 3. The van der Waals surface area contributed by atoms with Crippen LogP contribution in [0.2, 0.25) is 5.02 Å². The smallest absolute Gasteiger partial charge is 0.350 e. The van der Waals surface area contributed by atoms with Crippen molar-refractivity contribution in [2.45, 2.75) is 25.6 Å². The first-order valence-electron chi connectivity index (χ1n) is 12.0. The standard InChI is InChI=1S/C27H22ClF3N8O/c1-16-3-5-18(36-26(40)37-19-6-8-23(28)22(12-19)27(29,30)31)11-17(16)4-7-21-14-32-25-24(9-10-33-39(21)25)35-20-13-34-38(2)15-20/h3,6,8-15,18,35H,5H2,1-2H3,(H2,36,37,40). The van der Waals surface area contributed by atoms with E-state index in [-0.39, 0.29) is 5.69 Å². The van der Waals surface area contributed by atoms with Crippen LogP contribution in [0.3, 0.4) is 0 Å². The van der Waals surface area contributed by atoms with Crippen molar-refractivity contribution in [3.05, 3.63) is 88.6 Å². The maximum Gasteiger partial charge on any atom is 0.417 e. The molecule has 0 bridgehead atoms. The fourth-order valence-corrected chi connectivity index (χ4v) is 4.29. The molecule has 1 aliphatic rings. The number of amides is 2. The Balaban J connectivity index is 1.30. The predicted octanol–water partition coefficient (Wildman–Crippen LogP) is 5.70. The number of fused-ring (bicyclic) bond motifs is 1. The zero-order valence-electron chi connectivity index (χ0n) is 21.2. The molecule has 5 rings (SSSR count). The monoisotopic (exact) mass is 566 g/mol. The van der Waals surface area contributed by atoms with Gasteiger partial charge in [-0.05, 0) is 55.2 Å². The summed E-state index contributed by atoms with van der Waals surface area (Å²) in [5.74, 6) is 6.21. The molecule has 0 radical (unpaired) electrons. The van der Waals surface area contributed by atoms with Crippen LogP contribution in [0.5, 0.6) is 0 Å². The normalized spacial score (nSPS) is 15.1. The molecule has 0 aliphatic heterocycles. The maximum absolute atomic E-state index is 13.1. The Morgan fingerprint density at radius 3 is 2.73 bits per heavy atom. The number of carbonyl (C=O) groups excluding carboxylic acids is 1. The number of imidazole rings is 1. The molecule has 0 fully saturated rings. The highest BCUT2D eigenvalue weighted by atomic mass is 35.5. The van der Waals surface area contributed by atoms with Gasteiger partial charge in [0.05, 0.1) is 46.6 Å². The number of anilines is 3. The Kier molecular flexibility index (Phi) is 7.23. The van der Waals surface area contributed by atoms with E-state index in [2.05, 4.69) is 43.0 Å². The minimum Gasteiger partial charge on any atom is -0.350 e. The highest BCUT2D eigenvalue weighted by Gasteiger charge is 2.33. The van der Waals surface area contributed by atoms with Crippen LogP contribution in [0.4, 0.5) is 35.0 Å². The molecule has 1 aliphatic carbocycles. The molecule has 13 heteroatoms. The van der Waals surface area contributed by atoms with E-state index in [9.17, 15) is 18.0 Å². The zero-order valence-corrected chi connectivity index (χ0v) is 22.0. The fraction of sp³-hybridized carbons (Fsp3) is 0.185. The van der Waals surface area contributed by atoms with Gasteiger partial charge in [0.25, 0.3) is 0 Å². The van der Waals surface area contributed by atoms with Crippen molar-refractivity contribution in [1.82, 2.24) is 29.7 Å². The van der Waals surface area contributed by atoms with E-state index in [0.29, 0.717) is 23.3 Å². The minimum atomic E-state index is -4.64. The molecule has 2 amide bonds. The third kappa shape index (κ3) is 5.94. The topological polar surface area (TPSA) is 101 Å². The summed E-state index contributed by atoms with van der Waals surface area (Å²) in [5.41, 5.74) is 3.27. The summed E-state index contributed by atoms with van der Waals surface area (Å²) >= 11 is 5.65. The number of nitrogens with one attached hydrogen (secondary N) is 3. The van der Waals surface area contributed by atoms with Crippen LogP contribution in [-0.4, -0.2) is 36.5 Å². The van der Waals surface area contributed by atoms with Gasteiger partial charge in [0, 0.05) is 24.5 Å². The summed E-state index contributed by atoms with van der Waals surface area (Å²) in [6.07, 6.45) is 6.40. The second-order valence-corrected chi connectivity index (χ2v) is 9.41. The van der Waals surface area contributed by atoms with Crippen molar-refractivity contribution in [2.75, 3.05) is 10.6 Å². The number of aryl methyl sites for hydroxylation is 1. The molecular weight excluding hydrogens is 545 g/mol. The zero-order chi connectivity index (χ0) is 28.4. The van der Waals surface area contributed by atoms with Crippen molar-refractivity contribution in [3.63, 3.8) is 0 Å². The van der Waals surface area contributed by atoms with Gasteiger partial charge in [-0.3, -0.25) is 4.68 Å². The number of allylic oxidation sites excluding steroid dienone is 2. The molecule has 1 unspecified atom stereocenters. The molecular formula is C27H22ClF3N8O. The van der Waals surface area contributed by atoms with Crippen LogP contribution < -0.4 is 16.0 Å². The van der Waals surface area contributed by atoms with Crippen LogP contribution in [-0.2, 0) is 13.2 Å². The van der Waals surface area contributed by atoms with Crippen molar-refractivity contribution in [2.24, 2.45) is 7.05 Å². The molecule has 3 aromatic heterocycles. The number of carbonyl (C=O) groups is 1. The molecule has 3 heterocycles. The first kappa shape index (κ1) is 26.8. The molecule has 1 atom stereocenters. The number of urea groups is 1. The summed E-state index contributed by atoms with van der Waals surface area (Å²) in [4.78, 5) is 17.0. The fourth-order valence-electron chi connectivity index (χ4n) is 4.06. The number of aromatic nitrogens is 5. The first-order valence-corrected chi connectivity index (χ1v) is 12.4. The highest BCUT2D eigenvalue weighted by Crippen LogP contribution is 2.36. The number of alkyl halides is 3. The van der Waals surface area contributed by atoms with Gasteiger partial charge in [0.2, 0.25) is 0 Å². The summed E-state index contributed by atoms with van der Waals surface area (Å²) in [6, 6.07) is 3.91. The first-order chi connectivity index (χ1) is 19.1. The van der Waals surface area contributed by atoms with Crippen LogP contribution in [0.15, 0.2) is 72.4 Å². The average molecular weight is 567 g/mol. The largest absolute Gasteiger partial charge is 0.417 e. The highest BCUT2D eigenvalue weighted by molar-refractivity contribution is 6.31. The molecule has 9 nitrogen and oxygen atoms in total. The summed E-state index contributed by atoms with van der Waals surface area (Å²) in [5, 5.41) is 16.5. The Morgan fingerprint density at radius 1 is 1.15 bits per heavy atom. The van der Waals surface area contributed by atoms with Crippen molar-refractivity contribution in [3.8, 4) is 11.8 Å². The van der Waals surface area contributed by atoms with Gasteiger partial charge >= 0.3 is 12.2 Å². The molecule has 0 saturated heterocycles. The van der Waals surface area contributed by atoms with E-state index in [1.54, 1.807) is 39.9 Å². The second-order valence-electron chi connectivity index (χ2n) is 9.00. The third-order valence-corrected chi connectivity index (χ3v) is 6.36. The van der Waals surface area contributed by atoms with Gasteiger partial charge in [-0.25, -0.2) is 14.3 Å². The summed E-state index contributed by atoms with van der Waals surface area (Å²) in [6.45, 7) is 1.91. The number of nitrogens with zero attached hydrogens (tertiary/aromatic N) is 5. The maximum atomic E-state index is 13.1. The van der Waals surface area contributed by atoms with Crippen molar-refractivity contribution >= 4 is 40.3 Å². The van der Waals surface area contributed by atoms with Gasteiger partial charge in [0.1, 0.15) is 5.69 Å². The van der Waals surface area contributed by atoms with E-state index in [0.717, 1.165) is 29.1 Å². The van der Waals surface area contributed by atoms with E-state index in [1.165, 1.54) is 6.07 Å². The SMILES string of the molecule is CC1=CCC(NC(=O)Nc2ccc(Cl)c(C(F)(F)F)c2)C=C1C#Cc1cnc2c(Nc3cnn(C)c3)ccnn12. The van der Waals surface area contributed by atoms with Gasteiger partial charge in [-0.15, -0.1) is 0 Å². The number of rotatable bonds is 4. The Labute approximate surface area is 231 Å². The number of halogens is 4. The lowest BCUT2D eigenvalue weighted by atomic mass is 9.96. The van der Waals surface area contributed by atoms with Crippen LogP contribution in [0.1, 0.15) is 24.6 Å². The number of hydrogen-bond acceptors (Lipinski definition) is 5. The average Bonchev–Trinajstić information content (AvgIpc) is 3.51. The summed E-state index contributed by atoms with van der Waals surface area (Å²) in [7, 11) is 1.83. The predicted molar refractivity (Wildman–Crippen MR) is 145 cm³/mol. The van der Waals surface area contributed by atoms with E-state index in [4.69, 9.17) is 11.6 Å². The van der Waals surface area contributed by atoms with Crippen LogP contribution >= 0.6 is 11.6 Å². The van der Waals surface area contributed by atoms with Crippen molar-refractivity contribution < 1.29 is 18.0 Å². The Hall–Kier alpha value is -4.76. The van der Waals surface area contributed by atoms with Crippen LogP contribution in [0, 0.1) is 11.8 Å². The second kappa shape index (κ2) is 10.8. The lowest BCUT2D eigenvalue weighted by Crippen LogP contribution is -2.37. The third-order valence-electron chi connectivity index (χ3n) is 6.03. The Morgan fingerprint density at radius 2 is 1.98 bits per heavy atom. The summed E-state index contributed by atoms with van der Waals surface area (Å²) < 4.78 is 42.7. The van der Waals surface area contributed by atoms with E-state index >= 15 is 0 Å². The van der Waals surface area contributed by atoms with Gasteiger partial charge in [-0.2, -0.15) is 23.4 Å². The molecule has 40 heavy (non-hydrogen) atoms. The lowest BCUT2D eigenvalue weighted by molar-refractivity contribution is -0.137. The Bertz CT molecular complexity index is 1720. The molecule has 0 saturated carbocycles. The molecule has 1 aromatic carbocycles. The van der Waals surface area contributed by atoms with E-state index in [1.807, 2.05) is 26.2 Å². The molecule has 4 aromatic rings. The number of benzene rings is 1. The van der Waals surface area contributed by atoms with Gasteiger partial charge in [0.15, 0.2) is 5.65 Å². The quantitative estimate of drug-likeness (QED) is 0.275. The molecule has 0 spiro atoms. The molecule has 3 N–H and O–H groups in total. The van der Waals surface area contributed by atoms with Crippen molar-refractivity contribution in [1.29, 1.82) is 0 Å².